The molecule has 6 heteroatoms. The number of unbranched alkanes of at least 4 members (excludes halogenated alkanes) is 1. The molecule has 0 saturated heterocycles. The van der Waals surface area contributed by atoms with E-state index in [0.29, 0.717) is 18.1 Å². The van der Waals surface area contributed by atoms with Gasteiger partial charge in [-0.1, -0.05) is 13.3 Å². The summed E-state index contributed by atoms with van der Waals surface area (Å²) < 4.78 is 17.6. The highest BCUT2D eigenvalue weighted by Gasteiger charge is 2.19. The van der Waals surface area contributed by atoms with Crippen LogP contribution in [0.5, 0.6) is 5.75 Å². The fourth-order valence-electron chi connectivity index (χ4n) is 2.38. The van der Waals surface area contributed by atoms with Gasteiger partial charge in [0, 0.05) is 6.07 Å². The van der Waals surface area contributed by atoms with Gasteiger partial charge in [-0.15, -0.1) is 0 Å². The second-order valence-corrected chi connectivity index (χ2v) is 5.49. The first-order valence-corrected chi connectivity index (χ1v) is 8.18. The third kappa shape index (κ3) is 3.74. The maximum absolute atomic E-state index is 12.2. The van der Waals surface area contributed by atoms with Gasteiger partial charge >= 0.3 is 5.97 Å². The van der Waals surface area contributed by atoms with Crippen LogP contribution < -0.4 is 4.74 Å². The Morgan fingerprint density at radius 3 is 2.68 bits per heavy atom. The Labute approximate surface area is 146 Å². The number of carbonyl (C=O) groups is 1. The Bertz CT molecular complexity index is 820. The average Bonchev–Trinajstić information content (AvgIpc) is 3.31. The first-order valence-electron chi connectivity index (χ1n) is 8.18. The number of hydrogen-bond acceptors (Lipinski definition) is 5. The number of ether oxygens (including phenoxy) is 2. The van der Waals surface area contributed by atoms with Crippen molar-refractivity contribution < 1.29 is 18.7 Å². The fourth-order valence-corrected chi connectivity index (χ4v) is 2.38. The normalized spacial score (nSPS) is 10.6. The Balaban J connectivity index is 1.96. The van der Waals surface area contributed by atoms with Crippen molar-refractivity contribution in [1.29, 1.82) is 0 Å². The van der Waals surface area contributed by atoms with Crippen molar-refractivity contribution in [2.45, 2.75) is 19.8 Å². The third-order valence-corrected chi connectivity index (χ3v) is 3.74. The quantitative estimate of drug-likeness (QED) is 0.478. The van der Waals surface area contributed by atoms with Crippen molar-refractivity contribution in [2.24, 2.45) is 0 Å². The van der Waals surface area contributed by atoms with Crippen molar-refractivity contribution in [3.05, 3.63) is 54.4 Å². The lowest BCUT2D eigenvalue weighted by Crippen LogP contribution is -2.08. The molecule has 0 amide bonds. The molecule has 3 rings (SSSR count). The van der Waals surface area contributed by atoms with Crippen LogP contribution in [0, 0.1) is 0 Å². The molecule has 1 aromatic carbocycles. The molecule has 0 saturated carbocycles. The van der Waals surface area contributed by atoms with Crippen LogP contribution in [0.4, 0.5) is 0 Å². The molecule has 130 valence electrons. The summed E-state index contributed by atoms with van der Waals surface area (Å²) >= 11 is 0. The van der Waals surface area contributed by atoms with E-state index >= 15 is 0 Å². The smallest absolute Gasteiger partial charge is 0.358 e. The van der Waals surface area contributed by atoms with Gasteiger partial charge in [0.25, 0.3) is 0 Å². The molecule has 0 aliphatic heterocycles. The van der Waals surface area contributed by atoms with E-state index in [-0.39, 0.29) is 5.69 Å². The standard InChI is InChI=1S/C19H20N2O4/c1-3-4-11-25-19(22)16-13-17(18-6-5-12-24-18)21(20-16)14-7-9-15(23-2)10-8-14/h5-10,12-13H,3-4,11H2,1-2H3. The first kappa shape index (κ1) is 16.8. The highest BCUT2D eigenvalue weighted by atomic mass is 16.5. The van der Waals surface area contributed by atoms with Gasteiger partial charge in [0.1, 0.15) is 11.4 Å². The van der Waals surface area contributed by atoms with Crippen LogP contribution in [-0.4, -0.2) is 29.5 Å². The van der Waals surface area contributed by atoms with Crippen LogP contribution in [0.15, 0.2) is 53.1 Å². The predicted octanol–water partition coefficient (Wildman–Crippen LogP) is 4.10. The highest BCUT2D eigenvalue weighted by Crippen LogP contribution is 2.26. The van der Waals surface area contributed by atoms with Crippen molar-refractivity contribution in [3.8, 4) is 22.9 Å². The van der Waals surface area contributed by atoms with Crippen LogP contribution in [0.2, 0.25) is 0 Å². The van der Waals surface area contributed by atoms with E-state index in [4.69, 9.17) is 13.9 Å². The first-order chi connectivity index (χ1) is 12.2. The lowest BCUT2D eigenvalue weighted by atomic mass is 10.2. The van der Waals surface area contributed by atoms with Gasteiger partial charge in [-0.25, -0.2) is 9.48 Å². The minimum atomic E-state index is -0.437. The monoisotopic (exact) mass is 340 g/mol. The van der Waals surface area contributed by atoms with Gasteiger partial charge in [-0.05, 0) is 42.8 Å². The Hall–Kier alpha value is -3.02. The summed E-state index contributed by atoms with van der Waals surface area (Å²) in [7, 11) is 1.61. The molecule has 0 bridgehead atoms. The molecule has 6 nitrogen and oxygen atoms in total. The van der Waals surface area contributed by atoms with E-state index in [1.807, 2.05) is 37.3 Å². The maximum atomic E-state index is 12.2. The minimum Gasteiger partial charge on any atom is -0.497 e. The summed E-state index contributed by atoms with van der Waals surface area (Å²) in [6.07, 6.45) is 3.38. The second-order valence-electron chi connectivity index (χ2n) is 5.49. The minimum absolute atomic E-state index is 0.248. The zero-order valence-electron chi connectivity index (χ0n) is 14.3. The number of nitrogens with zero attached hydrogens (tertiary/aromatic N) is 2. The van der Waals surface area contributed by atoms with Gasteiger partial charge in [-0.3, -0.25) is 0 Å². The molecule has 0 N–H and O–H groups in total. The van der Waals surface area contributed by atoms with Gasteiger partial charge in [0.05, 0.1) is 25.7 Å². The molecule has 2 aromatic heterocycles. The van der Waals surface area contributed by atoms with Crippen LogP contribution >= 0.6 is 0 Å². The number of methoxy groups -OCH3 is 1. The molecule has 3 aromatic rings. The van der Waals surface area contributed by atoms with Crippen molar-refractivity contribution in [3.63, 3.8) is 0 Å². The van der Waals surface area contributed by atoms with Crippen molar-refractivity contribution in [2.75, 3.05) is 13.7 Å². The van der Waals surface area contributed by atoms with Crippen LogP contribution in [0.3, 0.4) is 0 Å². The SMILES string of the molecule is CCCCOC(=O)c1cc(-c2ccco2)n(-c2ccc(OC)cc2)n1. The van der Waals surface area contributed by atoms with E-state index in [9.17, 15) is 4.79 Å². The van der Waals surface area contributed by atoms with E-state index in [2.05, 4.69) is 5.10 Å². The number of aromatic nitrogens is 2. The molecule has 25 heavy (non-hydrogen) atoms. The lowest BCUT2D eigenvalue weighted by molar-refractivity contribution is 0.0492. The Morgan fingerprint density at radius 2 is 2.04 bits per heavy atom. The van der Waals surface area contributed by atoms with Gasteiger partial charge < -0.3 is 13.9 Å². The summed E-state index contributed by atoms with van der Waals surface area (Å²) in [4.78, 5) is 12.2. The summed E-state index contributed by atoms with van der Waals surface area (Å²) in [5, 5.41) is 4.41. The Kier molecular flexibility index (Phi) is 5.18. The Morgan fingerprint density at radius 1 is 1.24 bits per heavy atom. The second kappa shape index (κ2) is 7.70. The number of esters is 1. The molecular weight excluding hydrogens is 320 g/mol. The van der Waals surface area contributed by atoms with Gasteiger partial charge in [0.15, 0.2) is 11.5 Å². The number of hydrogen-bond donors (Lipinski definition) is 0. The summed E-state index contributed by atoms with van der Waals surface area (Å²) in [6.45, 7) is 2.43. The summed E-state index contributed by atoms with van der Waals surface area (Å²) in [5.74, 6) is 0.930. The van der Waals surface area contributed by atoms with Crippen LogP contribution in [0.25, 0.3) is 17.1 Å². The molecule has 0 aliphatic rings. The third-order valence-electron chi connectivity index (χ3n) is 3.74. The molecule has 0 spiro atoms. The fraction of sp³-hybridized carbons (Fsp3) is 0.263. The summed E-state index contributed by atoms with van der Waals surface area (Å²) in [6, 6.07) is 12.7. The largest absolute Gasteiger partial charge is 0.497 e. The topological polar surface area (TPSA) is 66.5 Å². The maximum Gasteiger partial charge on any atom is 0.358 e. The van der Waals surface area contributed by atoms with Gasteiger partial charge in [0.2, 0.25) is 0 Å². The van der Waals surface area contributed by atoms with E-state index in [1.54, 1.807) is 30.2 Å². The van der Waals surface area contributed by atoms with Crippen molar-refractivity contribution in [1.82, 2.24) is 9.78 Å². The van der Waals surface area contributed by atoms with E-state index in [1.165, 1.54) is 0 Å². The highest BCUT2D eigenvalue weighted by molar-refractivity contribution is 5.88. The molecule has 0 aliphatic carbocycles. The molecule has 2 heterocycles. The molecule has 0 radical (unpaired) electrons. The average molecular weight is 340 g/mol. The number of furan rings is 1. The van der Waals surface area contributed by atoms with Gasteiger partial charge in [-0.2, -0.15) is 5.10 Å². The van der Waals surface area contributed by atoms with E-state index in [0.717, 1.165) is 24.3 Å². The lowest BCUT2D eigenvalue weighted by Gasteiger charge is -2.06. The number of rotatable bonds is 7. The van der Waals surface area contributed by atoms with E-state index < -0.39 is 5.97 Å². The predicted molar refractivity (Wildman–Crippen MR) is 93.0 cm³/mol. The molecular formula is C19H20N2O4. The number of carbonyl (C=O) groups excluding carboxylic acids is 1. The number of benzene rings is 1. The van der Waals surface area contributed by atoms with Crippen LogP contribution in [0.1, 0.15) is 30.3 Å². The summed E-state index contributed by atoms with van der Waals surface area (Å²) in [5.41, 5.74) is 1.72. The zero-order chi connectivity index (χ0) is 17.6. The zero-order valence-corrected chi connectivity index (χ0v) is 14.3. The molecule has 0 atom stereocenters. The van der Waals surface area contributed by atoms with Crippen LogP contribution in [-0.2, 0) is 4.74 Å². The van der Waals surface area contributed by atoms with Crippen molar-refractivity contribution >= 4 is 5.97 Å². The molecule has 0 unspecified atom stereocenters. The molecule has 0 fully saturated rings.